The number of aromatic nitrogens is 2. The molecule has 17 heavy (non-hydrogen) atoms. The smallest absolute Gasteiger partial charge is 0.127 e. The van der Waals surface area contributed by atoms with Crippen molar-refractivity contribution in [3.8, 4) is 5.69 Å². The summed E-state index contributed by atoms with van der Waals surface area (Å²) >= 11 is 6.10. The molecule has 2 N–H and O–H groups in total. The van der Waals surface area contributed by atoms with Gasteiger partial charge in [-0.1, -0.05) is 31.5 Å². The average molecular weight is 250 g/mol. The summed E-state index contributed by atoms with van der Waals surface area (Å²) in [6.45, 7) is 6.15. The standard InChI is InChI=1S/C13H16ClN3/c1-8(2)11-7-13(15)17(16-11)12-6-4-5-10(14)9(12)3/h4-8H,15H2,1-3H3. The fourth-order valence-corrected chi connectivity index (χ4v) is 1.88. The van der Waals surface area contributed by atoms with E-state index in [1.807, 2.05) is 31.2 Å². The highest BCUT2D eigenvalue weighted by Crippen LogP contribution is 2.25. The van der Waals surface area contributed by atoms with Crippen molar-refractivity contribution in [2.45, 2.75) is 26.7 Å². The third kappa shape index (κ3) is 2.15. The molecule has 0 radical (unpaired) electrons. The van der Waals surface area contributed by atoms with Gasteiger partial charge in [-0.05, 0) is 30.5 Å². The minimum absolute atomic E-state index is 0.359. The molecule has 1 aromatic heterocycles. The number of anilines is 1. The second kappa shape index (κ2) is 4.41. The quantitative estimate of drug-likeness (QED) is 0.885. The van der Waals surface area contributed by atoms with Gasteiger partial charge in [0.2, 0.25) is 0 Å². The Labute approximate surface area is 106 Å². The highest BCUT2D eigenvalue weighted by Gasteiger charge is 2.12. The third-order valence-electron chi connectivity index (χ3n) is 2.81. The molecule has 0 aliphatic carbocycles. The number of nitrogen functional groups attached to an aromatic ring is 1. The fraction of sp³-hybridized carbons (Fsp3) is 0.308. The van der Waals surface area contributed by atoms with Gasteiger partial charge >= 0.3 is 0 Å². The van der Waals surface area contributed by atoms with Gasteiger partial charge in [0.1, 0.15) is 5.82 Å². The molecule has 0 atom stereocenters. The Morgan fingerprint density at radius 3 is 2.65 bits per heavy atom. The van der Waals surface area contributed by atoms with Gasteiger partial charge in [0.05, 0.1) is 11.4 Å². The normalized spacial score (nSPS) is 11.1. The molecule has 0 fully saturated rings. The van der Waals surface area contributed by atoms with Crippen LogP contribution in [-0.2, 0) is 0 Å². The van der Waals surface area contributed by atoms with Gasteiger partial charge in [-0.2, -0.15) is 5.10 Å². The summed E-state index contributed by atoms with van der Waals surface area (Å²) in [5.74, 6) is 0.997. The maximum atomic E-state index is 6.10. The minimum atomic E-state index is 0.359. The summed E-state index contributed by atoms with van der Waals surface area (Å²) in [7, 11) is 0. The van der Waals surface area contributed by atoms with E-state index in [1.54, 1.807) is 4.68 Å². The molecule has 0 unspecified atom stereocenters. The second-order valence-electron chi connectivity index (χ2n) is 4.44. The summed E-state index contributed by atoms with van der Waals surface area (Å²) in [4.78, 5) is 0. The number of nitrogens with two attached hydrogens (primary N) is 1. The van der Waals surface area contributed by atoms with E-state index >= 15 is 0 Å². The molecule has 2 aromatic rings. The number of hydrogen-bond acceptors (Lipinski definition) is 2. The number of nitrogens with zero attached hydrogens (tertiary/aromatic N) is 2. The number of hydrogen-bond donors (Lipinski definition) is 1. The molecule has 0 bridgehead atoms. The predicted octanol–water partition coefficient (Wildman–Crippen LogP) is 3.54. The molecule has 3 nitrogen and oxygen atoms in total. The maximum Gasteiger partial charge on any atom is 0.127 e. The van der Waals surface area contributed by atoms with Gasteiger partial charge in [0.15, 0.2) is 0 Å². The first-order chi connectivity index (χ1) is 8.00. The molecule has 0 spiro atoms. The molecule has 1 heterocycles. The number of halogens is 1. The van der Waals surface area contributed by atoms with E-state index in [0.29, 0.717) is 11.7 Å². The van der Waals surface area contributed by atoms with E-state index in [9.17, 15) is 0 Å². The first-order valence-corrected chi connectivity index (χ1v) is 5.99. The van der Waals surface area contributed by atoms with Crippen LogP contribution in [0.2, 0.25) is 5.02 Å². The van der Waals surface area contributed by atoms with E-state index in [0.717, 1.165) is 22.0 Å². The van der Waals surface area contributed by atoms with Gasteiger partial charge in [-0.15, -0.1) is 0 Å². The van der Waals surface area contributed by atoms with Crippen LogP contribution in [0.15, 0.2) is 24.3 Å². The molecule has 0 amide bonds. The molecule has 4 heteroatoms. The van der Waals surface area contributed by atoms with Crippen LogP contribution in [0, 0.1) is 6.92 Å². The first-order valence-electron chi connectivity index (χ1n) is 5.61. The lowest BCUT2D eigenvalue weighted by Gasteiger charge is -2.09. The Kier molecular flexibility index (Phi) is 3.11. The van der Waals surface area contributed by atoms with Crippen LogP contribution >= 0.6 is 11.6 Å². The van der Waals surface area contributed by atoms with Crippen molar-refractivity contribution in [1.82, 2.24) is 9.78 Å². The van der Waals surface area contributed by atoms with Crippen molar-refractivity contribution < 1.29 is 0 Å². The highest BCUT2D eigenvalue weighted by molar-refractivity contribution is 6.31. The van der Waals surface area contributed by atoms with Crippen molar-refractivity contribution in [3.05, 3.63) is 40.5 Å². The van der Waals surface area contributed by atoms with Gasteiger partial charge in [-0.3, -0.25) is 0 Å². The summed E-state index contributed by atoms with van der Waals surface area (Å²) in [5, 5.41) is 5.24. The Bertz CT molecular complexity index is 544. The Hall–Kier alpha value is -1.48. The molecule has 2 rings (SSSR count). The third-order valence-corrected chi connectivity index (χ3v) is 3.22. The number of rotatable bonds is 2. The summed E-state index contributed by atoms with van der Waals surface area (Å²) in [6.07, 6.45) is 0. The average Bonchev–Trinajstić information content (AvgIpc) is 2.65. The summed E-state index contributed by atoms with van der Waals surface area (Å²) in [6, 6.07) is 7.64. The van der Waals surface area contributed by atoms with Crippen molar-refractivity contribution >= 4 is 17.4 Å². The van der Waals surface area contributed by atoms with Crippen LogP contribution in [0.25, 0.3) is 5.69 Å². The Morgan fingerprint density at radius 2 is 2.06 bits per heavy atom. The molecule has 0 aliphatic heterocycles. The predicted molar refractivity (Wildman–Crippen MR) is 71.8 cm³/mol. The van der Waals surface area contributed by atoms with Crippen molar-refractivity contribution in [2.24, 2.45) is 0 Å². The van der Waals surface area contributed by atoms with Gasteiger partial charge in [0.25, 0.3) is 0 Å². The zero-order chi connectivity index (χ0) is 12.6. The first kappa shape index (κ1) is 12.0. The fourth-order valence-electron chi connectivity index (χ4n) is 1.72. The van der Waals surface area contributed by atoms with Gasteiger partial charge in [0, 0.05) is 11.1 Å². The zero-order valence-corrected chi connectivity index (χ0v) is 11.0. The summed E-state index contributed by atoms with van der Waals surface area (Å²) in [5.41, 5.74) is 8.89. The van der Waals surface area contributed by atoms with E-state index < -0.39 is 0 Å². The van der Waals surface area contributed by atoms with Gasteiger partial charge < -0.3 is 5.73 Å². The van der Waals surface area contributed by atoms with Crippen molar-refractivity contribution in [3.63, 3.8) is 0 Å². The van der Waals surface area contributed by atoms with E-state index in [4.69, 9.17) is 17.3 Å². The zero-order valence-electron chi connectivity index (χ0n) is 10.2. The Balaban J connectivity index is 2.57. The van der Waals surface area contributed by atoms with Crippen molar-refractivity contribution in [2.75, 3.05) is 5.73 Å². The van der Waals surface area contributed by atoms with E-state index in [1.165, 1.54) is 0 Å². The lowest BCUT2D eigenvalue weighted by atomic mass is 10.1. The van der Waals surface area contributed by atoms with E-state index in [2.05, 4.69) is 18.9 Å². The highest BCUT2D eigenvalue weighted by atomic mass is 35.5. The largest absolute Gasteiger partial charge is 0.384 e. The lowest BCUT2D eigenvalue weighted by molar-refractivity contribution is 0.769. The van der Waals surface area contributed by atoms with Crippen LogP contribution in [0.4, 0.5) is 5.82 Å². The molecule has 90 valence electrons. The van der Waals surface area contributed by atoms with Crippen molar-refractivity contribution in [1.29, 1.82) is 0 Å². The monoisotopic (exact) mass is 249 g/mol. The molecular weight excluding hydrogens is 234 g/mol. The summed E-state index contributed by atoms with van der Waals surface area (Å²) < 4.78 is 1.75. The second-order valence-corrected chi connectivity index (χ2v) is 4.85. The van der Waals surface area contributed by atoms with Crippen LogP contribution < -0.4 is 5.73 Å². The minimum Gasteiger partial charge on any atom is -0.384 e. The van der Waals surface area contributed by atoms with Crippen LogP contribution in [0.1, 0.15) is 31.0 Å². The van der Waals surface area contributed by atoms with E-state index in [-0.39, 0.29) is 0 Å². The van der Waals surface area contributed by atoms with Crippen LogP contribution in [0.5, 0.6) is 0 Å². The molecular formula is C13H16ClN3. The molecule has 0 saturated heterocycles. The SMILES string of the molecule is Cc1c(Cl)cccc1-n1nc(C(C)C)cc1N. The topological polar surface area (TPSA) is 43.8 Å². The van der Waals surface area contributed by atoms with Crippen LogP contribution in [-0.4, -0.2) is 9.78 Å². The number of benzene rings is 1. The lowest BCUT2D eigenvalue weighted by Crippen LogP contribution is -2.04. The molecule has 1 aromatic carbocycles. The molecule has 0 aliphatic rings. The maximum absolute atomic E-state index is 6.10. The Morgan fingerprint density at radius 1 is 1.35 bits per heavy atom. The van der Waals surface area contributed by atoms with Crippen LogP contribution in [0.3, 0.4) is 0 Å². The molecule has 0 saturated carbocycles. The van der Waals surface area contributed by atoms with Gasteiger partial charge in [-0.25, -0.2) is 4.68 Å².